The molecule has 0 aliphatic rings. The molecule has 1 heterocycles. The molecule has 2 N–H and O–H groups in total. The van der Waals surface area contributed by atoms with Crippen LogP contribution in [0.25, 0.3) is 0 Å². The van der Waals surface area contributed by atoms with Crippen LogP contribution in [0.4, 0.5) is 0 Å². The van der Waals surface area contributed by atoms with Crippen molar-refractivity contribution in [3.63, 3.8) is 0 Å². The van der Waals surface area contributed by atoms with Crippen LogP contribution in [0.3, 0.4) is 0 Å². The molecule has 0 saturated heterocycles. The van der Waals surface area contributed by atoms with Gasteiger partial charge in [-0.05, 0) is 40.8 Å². The van der Waals surface area contributed by atoms with Crippen molar-refractivity contribution in [2.45, 2.75) is 31.1 Å². The maximum atomic E-state index is 12.9. The summed E-state index contributed by atoms with van der Waals surface area (Å²) < 4.78 is 12.9. The van der Waals surface area contributed by atoms with Gasteiger partial charge in [-0.3, -0.25) is 9.36 Å². The van der Waals surface area contributed by atoms with Crippen LogP contribution in [0.5, 0.6) is 0 Å². The van der Waals surface area contributed by atoms with Crippen LogP contribution in [0.1, 0.15) is 36.0 Å². The molecule has 2 unspecified atom stereocenters. The Balaban J connectivity index is 2.15. The van der Waals surface area contributed by atoms with Gasteiger partial charge in [-0.1, -0.05) is 30.3 Å². The molecule has 6 heteroatoms. The van der Waals surface area contributed by atoms with Crippen molar-refractivity contribution in [1.29, 1.82) is 0 Å². The summed E-state index contributed by atoms with van der Waals surface area (Å²) in [5.74, 6) is -0.875. The van der Waals surface area contributed by atoms with Crippen molar-refractivity contribution in [2.75, 3.05) is 0 Å². The van der Waals surface area contributed by atoms with Crippen LogP contribution in [-0.2, 0) is 15.5 Å². The van der Waals surface area contributed by atoms with Gasteiger partial charge in [0, 0.05) is 6.42 Å². The Hall–Kier alpha value is -1.42. The Morgan fingerprint density at radius 2 is 1.95 bits per heavy atom. The van der Waals surface area contributed by atoms with E-state index in [1.54, 1.807) is 0 Å². The maximum absolute atomic E-state index is 12.9. The summed E-state index contributed by atoms with van der Waals surface area (Å²) in [4.78, 5) is 21.3. The molecule has 2 rings (SSSR count). The first-order valence-corrected chi connectivity index (χ1v) is 9.94. The fourth-order valence-corrected chi connectivity index (χ4v) is 5.45. The first-order chi connectivity index (χ1) is 10.5. The Labute approximate surface area is 133 Å². The van der Waals surface area contributed by atoms with Gasteiger partial charge in [-0.2, -0.15) is 11.3 Å². The highest BCUT2D eigenvalue weighted by Gasteiger charge is 2.32. The lowest BCUT2D eigenvalue weighted by Crippen LogP contribution is -2.04. The van der Waals surface area contributed by atoms with Crippen molar-refractivity contribution in [3.05, 3.63) is 58.3 Å². The van der Waals surface area contributed by atoms with Crippen molar-refractivity contribution in [2.24, 2.45) is 0 Å². The Morgan fingerprint density at radius 3 is 2.55 bits per heavy atom. The summed E-state index contributed by atoms with van der Waals surface area (Å²) in [6.45, 7) is 0. The number of rotatable bonds is 8. The fourth-order valence-electron chi connectivity index (χ4n) is 2.47. The van der Waals surface area contributed by atoms with E-state index in [1.165, 1.54) is 11.3 Å². The number of hydrogen-bond acceptors (Lipinski definition) is 3. The SMILES string of the molecule is O=C(O)CCCC(c1ccsc1)P(=O)(O)Cc1ccccc1. The van der Waals surface area contributed by atoms with Gasteiger partial charge >= 0.3 is 5.97 Å². The minimum Gasteiger partial charge on any atom is -0.481 e. The van der Waals surface area contributed by atoms with Crippen molar-refractivity contribution >= 4 is 24.7 Å². The summed E-state index contributed by atoms with van der Waals surface area (Å²) in [5.41, 5.74) is 1.15. The largest absolute Gasteiger partial charge is 0.481 e. The molecule has 4 nitrogen and oxygen atoms in total. The summed E-state index contributed by atoms with van der Waals surface area (Å²) in [6.07, 6.45) is 0.937. The second-order valence-corrected chi connectivity index (χ2v) is 8.49. The molecule has 0 saturated carbocycles. The van der Waals surface area contributed by atoms with E-state index in [4.69, 9.17) is 5.11 Å². The van der Waals surface area contributed by atoms with E-state index in [1.807, 2.05) is 47.2 Å². The molecular formula is C16H19O4PS. The predicted molar refractivity (Wildman–Crippen MR) is 88.5 cm³/mol. The predicted octanol–water partition coefficient (Wildman–Crippen LogP) is 4.51. The van der Waals surface area contributed by atoms with E-state index in [-0.39, 0.29) is 12.6 Å². The highest BCUT2D eigenvalue weighted by atomic mass is 32.1. The molecule has 0 fully saturated rings. The van der Waals surface area contributed by atoms with Crippen LogP contribution >= 0.6 is 18.7 Å². The normalized spacial score (nSPS) is 15.1. The summed E-state index contributed by atoms with van der Waals surface area (Å²) in [6, 6.07) is 11.1. The van der Waals surface area contributed by atoms with E-state index >= 15 is 0 Å². The number of aliphatic carboxylic acids is 1. The minimum absolute atomic E-state index is 0.0198. The van der Waals surface area contributed by atoms with Crippen molar-refractivity contribution in [3.8, 4) is 0 Å². The van der Waals surface area contributed by atoms with E-state index in [9.17, 15) is 14.3 Å². The summed E-state index contributed by atoms with van der Waals surface area (Å²) in [5, 5.41) is 12.5. The molecule has 0 aliphatic carbocycles. The highest BCUT2D eigenvalue weighted by molar-refractivity contribution is 7.57. The van der Waals surface area contributed by atoms with Gasteiger partial charge in [0.15, 0.2) is 0 Å². The van der Waals surface area contributed by atoms with Gasteiger partial charge in [0.2, 0.25) is 7.37 Å². The third-order valence-electron chi connectivity index (χ3n) is 3.54. The molecular weight excluding hydrogens is 319 g/mol. The Morgan fingerprint density at radius 1 is 1.23 bits per heavy atom. The zero-order valence-corrected chi connectivity index (χ0v) is 13.8. The monoisotopic (exact) mass is 338 g/mol. The lowest BCUT2D eigenvalue weighted by molar-refractivity contribution is -0.137. The fraction of sp³-hybridized carbons (Fsp3) is 0.312. The third kappa shape index (κ3) is 4.80. The summed E-state index contributed by atoms with van der Waals surface area (Å²) in [7, 11) is -3.46. The second-order valence-electron chi connectivity index (χ2n) is 5.26. The third-order valence-corrected chi connectivity index (χ3v) is 6.59. The van der Waals surface area contributed by atoms with Crippen LogP contribution in [0.2, 0.25) is 0 Å². The van der Waals surface area contributed by atoms with Crippen molar-refractivity contribution < 1.29 is 19.4 Å². The number of carbonyl (C=O) groups is 1. The minimum atomic E-state index is -3.46. The highest BCUT2D eigenvalue weighted by Crippen LogP contribution is 2.60. The van der Waals surface area contributed by atoms with E-state index in [0.29, 0.717) is 12.8 Å². The second kappa shape index (κ2) is 7.73. The lowest BCUT2D eigenvalue weighted by atomic mass is 10.1. The molecule has 0 bridgehead atoms. The van der Waals surface area contributed by atoms with E-state index in [0.717, 1.165) is 11.1 Å². The van der Waals surface area contributed by atoms with Crippen LogP contribution in [0, 0.1) is 0 Å². The molecule has 0 radical (unpaired) electrons. The number of benzene rings is 1. The standard InChI is InChI=1S/C16H19O4PS/c17-16(18)8-4-7-15(14-9-10-22-12-14)21(19,20)11-13-5-2-1-3-6-13/h1-3,5-6,9-10,12,15H,4,7-8,11H2,(H,17,18)(H,19,20). The molecule has 1 aromatic heterocycles. The number of hydrogen-bond donors (Lipinski definition) is 2. The Kier molecular flexibility index (Phi) is 5.95. The molecule has 0 amide bonds. The molecule has 22 heavy (non-hydrogen) atoms. The molecule has 118 valence electrons. The van der Waals surface area contributed by atoms with E-state index < -0.39 is 19.0 Å². The first-order valence-electron chi connectivity index (χ1n) is 7.08. The van der Waals surface area contributed by atoms with Crippen LogP contribution < -0.4 is 0 Å². The number of thiophene rings is 1. The first kappa shape index (κ1) is 16.9. The zero-order valence-electron chi connectivity index (χ0n) is 12.1. The average molecular weight is 338 g/mol. The van der Waals surface area contributed by atoms with Gasteiger partial charge in [-0.15, -0.1) is 0 Å². The van der Waals surface area contributed by atoms with Gasteiger partial charge in [0.1, 0.15) is 0 Å². The van der Waals surface area contributed by atoms with Crippen LogP contribution in [0.15, 0.2) is 47.2 Å². The lowest BCUT2D eigenvalue weighted by Gasteiger charge is -2.22. The molecule has 0 spiro atoms. The van der Waals surface area contributed by atoms with Gasteiger partial charge in [-0.25, -0.2) is 0 Å². The smallest absolute Gasteiger partial charge is 0.303 e. The van der Waals surface area contributed by atoms with Gasteiger partial charge < -0.3 is 10.00 Å². The van der Waals surface area contributed by atoms with Crippen LogP contribution in [-0.4, -0.2) is 16.0 Å². The molecule has 1 aromatic carbocycles. The van der Waals surface area contributed by atoms with E-state index in [2.05, 4.69) is 0 Å². The molecule has 2 aromatic rings. The zero-order chi connectivity index (χ0) is 16.0. The average Bonchev–Trinajstić information content (AvgIpc) is 2.97. The van der Waals surface area contributed by atoms with Crippen molar-refractivity contribution in [1.82, 2.24) is 0 Å². The quantitative estimate of drug-likeness (QED) is 0.694. The maximum Gasteiger partial charge on any atom is 0.303 e. The number of carboxylic acid groups (broad SMARTS) is 1. The summed E-state index contributed by atoms with van der Waals surface area (Å²) >= 11 is 1.48. The number of carboxylic acids is 1. The molecule has 2 atom stereocenters. The van der Waals surface area contributed by atoms with Gasteiger partial charge in [0.05, 0.1) is 11.8 Å². The Bertz CT molecular complexity index is 639. The van der Waals surface area contributed by atoms with Gasteiger partial charge in [0.25, 0.3) is 0 Å². The molecule has 0 aliphatic heterocycles. The topological polar surface area (TPSA) is 74.6 Å².